The Morgan fingerprint density at radius 2 is 0.871 bits per heavy atom. The molecule has 0 saturated heterocycles. The standard InChI is InChI=1S/C52H98NO8P/c1-6-8-10-12-14-16-17-18-19-20-21-22-23-24-25-26-27-28-29-30-31-32-33-34-35-37-39-41-43-45-52(55)61-50(49-60-62(56,57)59-47-46-53(3,4)5)48-58-51(54)44-42-40-38-36-15-13-11-9-7-2/h17-18,20-21,23-24,50H,6-16,19,22,25-49H2,1-5H3/b18-17-,21-20-,24-23-. The number of carbonyl (C=O) groups is 2. The molecule has 0 aromatic rings. The average Bonchev–Trinajstić information content (AvgIpc) is 3.23. The van der Waals surface area contributed by atoms with Gasteiger partial charge in [0, 0.05) is 12.8 Å². The van der Waals surface area contributed by atoms with Crippen LogP contribution >= 0.6 is 7.82 Å². The molecule has 0 saturated carbocycles. The van der Waals surface area contributed by atoms with Crippen LogP contribution in [-0.2, 0) is 32.7 Å². The number of rotatable bonds is 47. The van der Waals surface area contributed by atoms with Crippen molar-refractivity contribution in [3.05, 3.63) is 36.5 Å². The van der Waals surface area contributed by atoms with E-state index in [1.807, 2.05) is 21.1 Å². The molecule has 0 amide bonds. The van der Waals surface area contributed by atoms with Gasteiger partial charge in [0.05, 0.1) is 27.7 Å². The summed E-state index contributed by atoms with van der Waals surface area (Å²) >= 11 is 0. The van der Waals surface area contributed by atoms with Crippen LogP contribution in [0.5, 0.6) is 0 Å². The second-order valence-corrected chi connectivity index (χ2v) is 20.0. The predicted molar refractivity (Wildman–Crippen MR) is 259 cm³/mol. The van der Waals surface area contributed by atoms with Crippen molar-refractivity contribution >= 4 is 19.8 Å². The lowest BCUT2D eigenvalue weighted by Gasteiger charge is -2.28. The van der Waals surface area contributed by atoms with Crippen LogP contribution in [0.2, 0.25) is 0 Å². The zero-order valence-corrected chi connectivity index (χ0v) is 42.0. The van der Waals surface area contributed by atoms with Gasteiger partial charge in [-0.2, -0.15) is 0 Å². The summed E-state index contributed by atoms with van der Waals surface area (Å²) < 4.78 is 33.9. The summed E-state index contributed by atoms with van der Waals surface area (Å²) in [5.41, 5.74) is 0. The van der Waals surface area contributed by atoms with E-state index in [1.165, 1.54) is 148 Å². The summed E-state index contributed by atoms with van der Waals surface area (Å²) in [6, 6.07) is 0. The summed E-state index contributed by atoms with van der Waals surface area (Å²) in [4.78, 5) is 37.5. The van der Waals surface area contributed by atoms with Gasteiger partial charge in [-0.15, -0.1) is 0 Å². The van der Waals surface area contributed by atoms with Gasteiger partial charge in [0.1, 0.15) is 19.8 Å². The summed E-state index contributed by atoms with van der Waals surface area (Å²) in [6.45, 7) is 4.21. The highest BCUT2D eigenvalue weighted by atomic mass is 31.2. The zero-order chi connectivity index (χ0) is 45.7. The van der Waals surface area contributed by atoms with Crippen LogP contribution in [-0.4, -0.2) is 70.0 Å². The number of nitrogens with zero attached hydrogens (tertiary/aromatic N) is 1. The van der Waals surface area contributed by atoms with E-state index in [-0.39, 0.29) is 32.0 Å². The fraction of sp³-hybridized carbons (Fsp3) is 0.846. The van der Waals surface area contributed by atoms with Gasteiger partial charge in [0.25, 0.3) is 7.82 Å². The second kappa shape index (κ2) is 44.4. The van der Waals surface area contributed by atoms with Crippen LogP contribution in [0.1, 0.15) is 232 Å². The number of hydrogen-bond donors (Lipinski definition) is 0. The quantitative estimate of drug-likeness (QED) is 0.0195. The fourth-order valence-electron chi connectivity index (χ4n) is 7.13. The van der Waals surface area contributed by atoms with Gasteiger partial charge in [-0.05, 0) is 51.4 Å². The van der Waals surface area contributed by atoms with Crippen molar-refractivity contribution in [2.24, 2.45) is 0 Å². The Labute approximate surface area is 382 Å². The molecule has 9 nitrogen and oxygen atoms in total. The third kappa shape index (κ3) is 47.7. The van der Waals surface area contributed by atoms with Crippen LogP contribution in [0, 0.1) is 0 Å². The Bertz CT molecular complexity index is 1150. The molecule has 0 bridgehead atoms. The lowest BCUT2D eigenvalue weighted by atomic mass is 10.0. The largest absolute Gasteiger partial charge is 0.756 e. The molecule has 0 aliphatic rings. The van der Waals surface area contributed by atoms with Crippen LogP contribution < -0.4 is 4.89 Å². The molecule has 2 unspecified atom stereocenters. The maximum absolute atomic E-state index is 12.7. The van der Waals surface area contributed by atoms with Gasteiger partial charge < -0.3 is 27.9 Å². The number of likely N-dealkylation sites (N-methyl/N-ethyl adjacent to an activating group) is 1. The number of phosphoric acid groups is 1. The topological polar surface area (TPSA) is 111 Å². The number of hydrogen-bond acceptors (Lipinski definition) is 8. The molecule has 10 heteroatoms. The molecule has 0 aliphatic carbocycles. The first-order valence-electron chi connectivity index (χ1n) is 25.7. The first kappa shape index (κ1) is 60.2. The van der Waals surface area contributed by atoms with Gasteiger partial charge in [-0.25, -0.2) is 0 Å². The Morgan fingerprint density at radius 3 is 1.29 bits per heavy atom. The van der Waals surface area contributed by atoms with E-state index in [0.717, 1.165) is 51.4 Å². The maximum Gasteiger partial charge on any atom is 0.306 e. The number of quaternary nitrogens is 1. The molecule has 364 valence electrons. The second-order valence-electron chi connectivity index (χ2n) is 18.5. The maximum atomic E-state index is 12.7. The third-order valence-corrected chi connectivity index (χ3v) is 12.1. The molecular formula is C52H98NO8P. The predicted octanol–water partition coefficient (Wildman–Crippen LogP) is 14.6. The highest BCUT2D eigenvalue weighted by Crippen LogP contribution is 2.38. The average molecular weight is 896 g/mol. The van der Waals surface area contributed by atoms with E-state index in [1.54, 1.807) is 0 Å². The van der Waals surface area contributed by atoms with Crippen molar-refractivity contribution in [2.75, 3.05) is 47.5 Å². The zero-order valence-electron chi connectivity index (χ0n) is 41.1. The Balaban J connectivity index is 4.05. The molecule has 0 N–H and O–H groups in total. The molecule has 2 atom stereocenters. The first-order valence-corrected chi connectivity index (χ1v) is 27.2. The van der Waals surface area contributed by atoms with E-state index < -0.39 is 26.5 Å². The van der Waals surface area contributed by atoms with Crippen molar-refractivity contribution in [1.29, 1.82) is 0 Å². The van der Waals surface area contributed by atoms with Crippen molar-refractivity contribution in [3.8, 4) is 0 Å². The van der Waals surface area contributed by atoms with Gasteiger partial charge in [-0.1, -0.05) is 204 Å². The highest BCUT2D eigenvalue weighted by Gasteiger charge is 2.21. The first-order chi connectivity index (χ1) is 30.0. The van der Waals surface area contributed by atoms with E-state index in [2.05, 4.69) is 50.3 Å². The van der Waals surface area contributed by atoms with Crippen molar-refractivity contribution < 1.29 is 42.1 Å². The minimum absolute atomic E-state index is 0.0294. The number of ether oxygens (including phenoxy) is 2. The van der Waals surface area contributed by atoms with Crippen LogP contribution in [0.3, 0.4) is 0 Å². The molecule has 0 radical (unpaired) electrons. The van der Waals surface area contributed by atoms with Gasteiger partial charge >= 0.3 is 11.9 Å². The fourth-order valence-corrected chi connectivity index (χ4v) is 7.86. The Kier molecular flexibility index (Phi) is 43.2. The van der Waals surface area contributed by atoms with E-state index in [4.69, 9.17) is 18.5 Å². The summed E-state index contributed by atoms with van der Waals surface area (Å²) in [7, 11) is 1.17. The van der Waals surface area contributed by atoms with Crippen molar-refractivity contribution in [2.45, 2.75) is 238 Å². The lowest BCUT2D eigenvalue weighted by Crippen LogP contribution is -2.37. The molecule has 0 aromatic carbocycles. The van der Waals surface area contributed by atoms with Crippen LogP contribution in [0.25, 0.3) is 0 Å². The lowest BCUT2D eigenvalue weighted by molar-refractivity contribution is -0.870. The highest BCUT2D eigenvalue weighted by molar-refractivity contribution is 7.45. The molecule has 0 aromatic heterocycles. The summed E-state index contributed by atoms with van der Waals surface area (Å²) in [5, 5.41) is 0. The summed E-state index contributed by atoms with van der Waals surface area (Å²) in [6.07, 6.45) is 52.0. The monoisotopic (exact) mass is 896 g/mol. The third-order valence-electron chi connectivity index (χ3n) is 11.2. The molecular weight excluding hydrogens is 798 g/mol. The minimum atomic E-state index is -4.62. The minimum Gasteiger partial charge on any atom is -0.756 e. The number of phosphoric ester groups is 1. The van der Waals surface area contributed by atoms with Crippen molar-refractivity contribution in [1.82, 2.24) is 0 Å². The van der Waals surface area contributed by atoms with Gasteiger partial charge in [0.2, 0.25) is 0 Å². The smallest absolute Gasteiger partial charge is 0.306 e. The molecule has 0 aliphatic heterocycles. The molecule has 0 rings (SSSR count). The van der Waals surface area contributed by atoms with Crippen LogP contribution in [0.15, 0.2) is 36.5 Å². The number of carbonyl (C=O) groups excluding carboxylic acids is 2. The number of unbranched alkanes of at least 4 members (excludes halogenated alkanes) is 27. The SMILES string of the molecule is CCCCCCC/C=C\C/C=C\C/C=C\CCCCCCCCCCCCCCCCC(=O)OC(COC(=O)CCCCCCCCCCC)COP(=O)([O-])OCC[N+](C)(C)C. The van der Waals surface area contributed by atoms with E-state index in [9.17, 15) is 19.0 Å². The van der Waals surface area contributed by atoms with E-state index >= 15 is 0 Å². The number of esters is 2. The van der Waals surface area contributed by atoms with E-state index in [0.29, 0.717) is 17.4 Å². The number of allylic oxidation sites excluding steroid dienone is 6. The van der Waals surface area contributed by atoms with Gasteiger partial charge in [-0.3, -0.25) is 14.2 Å². The van der Waals surface area contributed by atoms with Crippen LogP contribution in [0.4, 0.5) is 0 Å². The molecule has 0 heterocycles. The molecule has 0 fully saturated rings. The van der Waals surface area contributed by atoms with Gasteiger partial charge in [0.15, 0.2) is 6.10 Å². The molecule has 0 spiro atoms. The van der Waals surface area contributed by atoms with Crippen molar-refractivity contribution in [3.63, 3.8) is 0 Å². The summed E-state index contributed by atoms with van der Waals surface area (Å²) in [5.74, 6) is -0.831. The Hall–Kier alpha value is -1.77. The Morgan fingerprint density at radius 1 is 0.500 bits per heavy atom. The normalized spacial score (nSPS) is 13.7. The molecule has 62 heavy (non-hydrogen) atoms.